The average molecular weight is 500 g/mol. The van der Waals surface area contributed by atoms with E-state index in [0.29, 0.717) is 16.4 Å². The molecule has 0 radical (unpaired) electrons. The second-order valence-electron chi connectivity index (χ2n) is 8.73. The number of nitrogens with zero attached hydrogens (tertiary/aromatic N) is 4. The summed E-state index contributed by atoms with van der Waals surface area (Å²) in [5.74, 6) is 0.784. The molecule has 7 nitrogen and oxygen atoms in total. The van der Waals surface area contributed by atoms with Gasteiger partial charge in [0.2, 0.25) is 0 Å². The van der Waals surface area contributed by atoms with Gasteiger partial charge >= 0.3 is 0 Å². The van der Waals surface area contributed by atoms with Crippen molar-refractivity contribution in [1.82, 2.24) is 24.5 Å². The third-order valence-corrected chi connectivity index (χ3v) is 6.70. The molecule has 1 aliphatic carbocycles. The lowest BCUT2D eigenvalue weighted by Gasteiger charge is -2.19. The normalized spacial score (nSPS) is 18.7. The number of rotatable bonds is 4. The van der Waals surface area contributed by atoms with E-state index in [1.807, 2.05) is 0 Å². The summed E-state index contributed by atoms with van der Waals surface area (Å²) in [5, 5.41) is 4.91. The van der Waals surface area contributed by atoms with E-state index in [-0.39, 0.29) is 11.0 Å². The van der Waals surface area contributed by atoms with Crippen LogP contribution in [0.1, 0.15) is 32.3 Å². The zero-order valence-corrected chi connectivity index (χ0v) is 18.4. The number of para-hydroxylation sites is 1. The van der Waals surface area contributed by atoms with Gasteiger partial charge in [0.05, 0.1) is 5.54 Å². The first-order valence-electron chi connectivity index (χ1n) is 9.87. The Labute approximate surface area is 181 Å². The Hall–Kier alpha value is -2.36. The van der Waals surface area contributed by atoms with Crippen LogP contribution in [0.25, 0.3) is 22.1 Å². The molecule has 0 atom stereocenters. The fraction of sp³-hybridized carbons (Fsp3) is 0.381. The largest absolute Gasteiger partial charge is 0.462 e. The molecule has 0 amide bonds. The van der Waals surface area contributed by atoms with Crippen LogP contribution < -0.4 is 10.1 Å². The molecule has 2 N–H and O–H groups in total. The number of fused-ring (bicyclic) bond motifs is 4. The maximum atomic E-state index is 5.81. The van der Waals surface area contributed by atoms with Crippen molar-refractivity contribution >= 4 is 50.5 Å². The second kappa shape index (κ2) is 5.84. The molecular formula is C21H21IN6O. The number of halogens is 1. The molecule has 0 spiro atoms. The molecule has 4 heterocycles. The van der Waals surface area contributed by atoms with Crippen molar-refractivity contribution in [3.8, 4) is 6.01 Å². The highest BCUT2D eigenvalue weighted by atomic mass is 127. The van der Waals surface area contributed by atoms with Crippen molar-refractivity contribution in [2.75, 3.05) is 18.5 Å². The van der Waals surface area contributed by atoms with E-state index >= 15 is 0 Å². The molecule has 148 valence electrons. The van der Waals surface area contributed by atoms with Crippen LogP contribution >= 0.6 is 22.6 Å². The summed E-state index contributed by atoms with van der Waals surface area (Å²) in [7, 11) is 0. The molecule has 0 bridgehead atoms. The number of hydrogen-bond acceptors (Lipinski definition) is 5. The molecule has 2 aliphatic rings. The average Bonchev–Trinajstić information content (AvgIpc) is 3.06. The van der Waals surface area contributed by atoms with E-state index in [1.165, 1.54) is 29.3 Å². The maximum Gasteiger partial charge on any atom is 0.299 e. The number of ether oxygens (including phenoxy) is 1. The van der Waals surface area contributed by atoms with E-state index < -0.39 is 0 Å². The Balaban J connectivity index is 1.37. The molecule has 1 aliphatic heterocycles. The number of aromatic amines is 1. The van der Waals surface area contributed by atoms with Crippen molar-refractivity contribution < 1.29 is 4.74 Å². The molecule has 8 heteroatoms. The molecule has 0 saturated heterocycles. The predicted octanol–water partition coefficient (Wildman–Crippen LogP) is 4.18. The Bertz CT molecular complexity index is 1270. The molecule has 0 unspecified atom stereocenters. The lowest BCUT2D eigenvalue weighted by Crippen LogP contribution is -2.26. The van der Waals surface area contributed by atoms with E-state index in [2.05, 4.69) is 91.7 Å². The molecule has 4 aromatic rings. The number of aromatic nitrogens is 5. The number of imidazole rings is 1. The maximum absolute atomic E-state index is 5.81. The van der Waals surface area contributed by atoms with Gasteiger partial charge in [-0.2, -0.15) is 4.98 Å². The van der Waals surface area contributed by atoms with Crippen LogP contribution in [-0.2, 0) is 11.0 Å². The van der Waals surface area contributed by atoms with Gasteiger partial charge in [-0.05, 0) is 38.3 Å². The summed E-state index contributed by atoms with van der Waals surface area (Å²) in [4.78, 5) is 17.5. The number of anilines is 1. The standard InChI is InChI=1S/C21H21IN6O/c1-20(2)11-29-19-25-15-16(26-18(22)27-17(15)28(19)20)24-10-21(7-8-21)13-9-23-14-6-4-3-5-12(13)14/h3-6,9,23H,7-8,10-11H2,1-2H3,(H,24,26,27). The minimum Gasteiger partial charge on any atom is -0.462 e. The first-order chi connectivity index (χ1) is 14.0. The third kappa shape index (κ3) is 2.57. The minimum absolute atomic E-state index is 0.139. The fourth-order valence-corrected chi connectivity index (χ4v) is 4.91. The Morgan fingerprint density at radius 3 is 2.86 bits per heavy atom. The lowest BCUT2D eigenvalue weighted by atomic mass is 9.95. The van der Waals surface area contributed by atoms with Gasteiger partial charge in [-0.1, -0.05) is 18.2 Å². The summed E-state index contributed by atoms with van der Waals surface area (Å²) in [5.41, 5.74) is 4.17. The summed E-state index contributed by atoms with van der Waals surface area (Å²) in [6, 6.07) is 9.14. The Morgan fingerprint density at radius 1 is 1.21 bits per heavy atom. The molecule has 3 aromatic heterocycles. The fourth-order valence-electron chi connectivity index (χ4n) is 4.44. The smallest absolute Gasteiger partial charge is 0.299 e. The Kier molecular flexibility index (Phi) is 3.52. The number of benzene rings is 1. The quantitative estimate of drug-likeness (QED) is 0.325. The van der Waals surface area contributed by atoms with Gasteiger partial charge < -0.3 is 15.0 Å². The molecule has 29 heavy (non-hydrogen) atoms. The van der Waals surface area contributed by atoms with Gasteiger partial charge in [-0.3, -0.25) is 4.57 Å². The summed E-state index contributed by atoms with van der Waals surface area (Å²) in [6.07, 6.45) is 4.51. The van der Waals surface area contributed by atoms with Crippen LogP contribution in [-0.4, -0.2) is 37.7 Å². The van der Waals surface area contributed by atoms with Crippen molar-refractivity contribution in [1.29, 1.82) is 0 Å². The van der Waals surface area contributed by atoms with Crippen LogP contribution in [0.5, 0.6) is 6.01 Å². The van der Waals surface area contributed by atoms with Gasteiger partial charge in [0.25, 0.3) is 6.01 Å². The van der Waals surface area contributed by atoms with Crippen molar-refractivity contribution in [3.63, 3.8) is 0 Å². The van der Waals surface area contributed by atoms with Crippen molar-refractivity contribution in [2.45, 2.75) is 37.6 Å². The predicted molar refractivity (Wildman–Crippen MR) is 121 cm³/mol. The lowest BCUT2D eigenvalue weighted by molar-refractivity contribution is 0.268. The minimum atomic E-state index is -0.166. The van der Waals surface area contributed by atoms with E-state index in [9.17, 15) is 0 Å². The summed E-state index contributed by atoms with van der Waals surface area (Å²) >= 11 is 2.18. The van der Waals surface area contributed by atoms with Crippen LogP contribution in [0.2, 0.25) is 0 Å². The van der Waals surface area contributed by atoms with Crippen molar-refractivity contribution in [2.24, 2.45) is 0 Å². The summed E-state index contributed by atoms with van der Waals surface area (Å²) < 4.78 is 8.60. The van der Waals surface area contributed by atoms with Gasteiger partial charge in [0.1, 0.15) is 6.61 Å². The SMILES string of the molecule is CC1(C)COc2nc3c(NCC4(c5c[nH]c6ccccc56)CC4)nc(I)nc3n21. The topological polar surface area (TPSA) is 80.7 Å². The van der Waals surface area contributed by atoms with Crippen LogP contribution in [0.3, 0.4) is 0 Å². The van der Waals surface area contributed by atoms with Gasteiger partial charge in [0, 0.05) is 51.7 Å². The molecule has 1 saturated carbocycles. The highest BCUT2D eigenvalue weighted by Gasteiger charge is 2.46. The van der Waals surface area contributed by atoms with Crippen molar-refractivity contribution in [3.05, 3.63) is 39.9 Å². The van der Waals surface area contributed by atoms with Crippen LogP contribution in [0.15, 0.2) is 30.5 Å². The number of hydrogen-bond donors (Lipinski definition) is 2. The highest BCUT2D eigenvalue weighted by molar-refractivity contribution is 14.1. The van der Waals surface area contributed by atoms with Crippen LogP contribution in [0.4, 0.5) is 5.82 Å². The highest BCUT2D eigenvalue weighted by Crippen LogP contribution is 2.50. The zero-order valence-electron chi connectivity index (χ0n) is 16.3. The second-order valence-corrected chi connectivity index (χ2v) is 9.69. The summed E-state index contributed by atoms with van der Waals surface area (Å²) in [6.45, 7) is 5.72. The molecule has 1 fully saturated rings. The van der Waals surface area contributed by atoms with Crippen LogP contribution in [0, 0.1) is 3.83 Å². The third-order valence-electron chi connectivity index (χ3n) is 6.22. The van der Waals surface area contributed by atoms with Gasteiger partial charge in [-0.25, -0.2) is 9.97 Å². The Morgan fingerprint density at radius 2 is 2.03 bits per heavy atom. The van der Waals surface area contributed by atoms with Gasteiger partial charge in [0.15, 0.2) is 20.8 Å². The number of nitrogens with one attached hydrogen (secondary N) is 2. The van der Waals surface area contributed by atoms with Gasteiger partial charge in [-0.15, -0.1) is 0 Å². The molecule has 6 rings (SSSR count). The first-order valence-corrected chi connectivity index (χ1v) is 10.9. The first kappa shape index (κ1) is 17.5. The monoisotopic (exact) mass is 500 g/mol. The molecular weight excluding hydrogens is 479 g/mol. The molecule has 1 aromatic carbocycles. The van der Waals surface area contributed by atoms with E-state index in [1.54, 1.807) is 0 Å². The van der Waals surface area contributed by atoms with E-state index in [4.69, 9.17) is 9.72 Å². The van der Waals surface area contributed by atoms with E-state index in [0.717, 1.165) is 23.5 Å². The zero-order chi connectivity index (χ0) is 19.8. The number of H-pyrrole nitrogens is 1.